The minimum absolute atomic E-state index is 0.146. The molecule has 1 atom stereocenters. The minimum Gasteiger partial charge on any atom is -0.389 e. The molecule has 0 amide bonds. The lowest BCUT2D eigenvalue weighted by atomic mass is 9.99. The van der Waals surface area contributed by atoms with E-state index in [2.05, 4.69) is 64.1 Å². The van der Waals surface area contributed by atoms with E-state index in [0.29, 0.717) is 19.8 Å². The first-order valence-corrected chi connectivity index (χ1v) is 10.0. The van der Waals surface area contributed by atoms with Crippen LogP contribution in [0.15, 0.2) is 85.2 Å². The normalized spacial score (nSPS) is 12.2. The van der Waals surface area contributed by atoms with Crippen molar-refractivity contribution in [3.05, 3.63) is 102 Å². The van der Waals surface area contributed by atoms with Crippen LogP contribution in [0, 0.1) is 0 Å². The van der Waals surface area contributed by atoms with Gasteiger partial charge in [0.2, 0.25) is 0 Å². The molecule has 3 N–H and O–H groups in total. The lowest BCUT2D eigenvalue weighted by molar-refractivity contribution is 0.0290. The van der Waals surface area contributed by atoms with Crippen molar-refractivity contribution in [3.8, 4) is 0 Å². The minimum atomic E-state index is -0.532. The summed E-state index contributed by atoms with van der Waals surface area (Å²) in [6.07, 6.45) is 2.94. The largest absolute Gasteiger partial charge is 0.389 e. The molecule has 3 rings (SSSR count). The molecule has 0 fully saturated rings. The molecule has 5 nitrogen and oxygen atoms in total. The van der Waals surface area contributed by atoms with Gasteiger partial charge in [-0.15, -0.1) is 0 Å². The van der Waals surface area contributed by atoms with Crippen LogP contribution in [0.1, 0.15) is 22.7 Å². The van der Waals surface area contributed by atoms with E-state index in [4.69, 9.17) is 4.74 Å². The van der Waals surface area contributed by atoms with Crippen LogP contribution >= 0.6 is 0 Å². The molecule has 0 saturated heterocycles. The second kappa shape index (κ2) is 12.1. The topological polar surface area (TPSA) is 66.4 Å². The molecule has 2 aromatic carbocycles. The molecule has 0 aliphatic heterocycles. The van der Waals surface area contributed by atoms with Crippen LogP contribution < -0.4 is 10.6 Å². The van der Waals surface area contributed by atoms with Gasteiger partial charge in [-0.1, -0.05) is 60.7 Å². The fraction of sp³-hybridized carbons (Fsp3) is 0.292. The summed E-state index contributed by atoms with van der Waals surface area (Å²) in [7, 11) is 0. The number of hydrogen-bond acceptors (Lipinski definition) is 5. The monoisotopic (exact) mass is 391 g/mol. The van der Waals surface area contributed by atoms with Crippen molar-refractivity contribution in [2.24, 2.45) is 0 Å². The molecule has 1 heterocycles. The molecule has 0 spiro atoms. The molecule has 0 bridgehead atoms. The average Bonchev–Trinajstić information content (AvgIpc) is 2.78. The van der Waals surface area contributed by atoms with Crippen molar-refractivity contribution in [1.82, 2.24) is 15.6 Å². The Labute approximate surface area is 172 Å². The Kier molecular flexibility index (Phi) is 8.82. The Morgan fingerprint density at radius 2 is 1.45 bits per heavy atom. The number of nitrogens with zero attached hydrogens (tertiary/aromatic N) is 1. The highest BCUT2D eigenvalue weighted by Gasteiger charge is 2.12. The molecule has 29 heavy (non-hydrogen) atoms. The summed E-state index contributed by atoms with van der Waals surface area (Å²) in [5, 5.41) is 17.0. The molecule has 5 heteroatoms. The first-order valence-electron chi connectivity index (χ1n) is 10.0. The van der Waals surface area contributed by atoms with Crippen molar-refractivity contribution in [1.29, 1.82) is 0 Å². The van der Waals surface area contributed by atoms with E-state index in [1.54, 1.807) is 12.4 Å². The van der Waals surface area contributed by atoms with Gasteiger partial charge < -0.3 is 20.5 Å². The third kappa shape index (κ3) is 7.40. The second-order valence-electron chi connectivity index (χ2n) is 6.94. The highest BCUT2D eigenvalue weighted by atomic mass is 16.5. The summed E-state index contributed by atoms with van der Waals surface area (Å²) in [4.78, 5) is 3.98. The lowest BCUT2D eigenvalue weighted by Gasteiger charge is -2.20. The van der Waals surface area contributed by atoms with Crippen LogP contribution in [0.25, 0.3) is 0 Å². The second-order valence-corrected chi connectivity index (χ2v) is 6.94. The summed E-state index contributed by atoms with van der Waals surface area (Å²) in [5.74, 6) is 0. The van der Waals surface area contributed by atoms with Gasteiger partial charge in [-0.2, -0.15) is 0 Å². The van der Waals surface area contributed by atoms with E-state index in [0.717, 1.165) is 18.7 Å². The molecular weight excluding hydrogens is 362 g/mol. The maximum atomic E-state index is 10.1. The molecular formula is C24H29N3O2. The molecule has 0 radical (unpaired) electrons. The number of aromatic nitrogens is 1. The highest BCUT2D eigenvalue weighted by Crippen LogP contribution is 2.21. The van der Waals surface area contributed by atoms with Crippen LogP contribution in [0.2, 0.25) is 0 Å². The Bertz CT molecular complexity index is 761. The van der Waals surface area contributed by atoms with Gasteiger partial charge in [-0.05, 0) is 28.8 Å². The predicted octanol–water partition coefficient (Wildman–Crippen LogP) is 2.93. The van der Waals surface area contributed by atoms with Gasteiger partial charge in [0.15, 0.2) is 0 Å². The summed E-state index contributed by atoms with van der Waals surface area (Å²) < 4.78 is 5.56. The Hall–Kier alpha value is -2.57. The van der Waals surface area contributed by atoms with E-state index < -0.39 is 6.10 Å². The van der Waals surface area contributed by atoms with Gasteiger partial charge in [0.1, 0.15) is 0 Å². The Morgan fingerprint density at radius 3 is 2.07 bits per heavy atom. The molecule has 0 aliphatic carbocycles. The Balaban J connectivity index is 1.37. The third-order valence-electron chi connectivity index (χ3n) is 4.62. The number of benzene rings is 2. The number of pyridine rings is 1. The maximum Gasteiger partial charge on any atom is 0.0897 e. The molecule has 3 aromatic rings. The molecule has 1 unspecified atom stereocenters. The van der Waals surface area contributed by atoms with Crippen LogP contribution in [-0.2, 0) is 11.3 Å². The summed E-state index contributed by atoms with van der Waals surface area (Å²) in [6.45, 7) is 2.84. The van der Waals surface area contributed by atoms with Crippen molar-refractivity contribution < 1.29 is 9.84 Å². The quantitative estimate of drug-likeness (QED) is 0.414. The zero-order valence-electron chi connectivity index (χ0n) is 16.6. The number of hydrogen-bond donors (Lipinski definition) is 3. The first-order chi connectivity index (χ1) is 14.3. The van der Waals surface area contributed by atoms with Crippen molar-refractivity contribution >= 4 is 0 Å². The van der Waals surface area contributed by atoms with Gasteiger partial charge in [-0.3, -0.25) is 4.98 Å². The van der Waals surface area contributed by atoms with Crippen molar-refractivity contribution in [2.45, 2.75) is 18.8 Å². The van der Waals surface area contributed by atoms with Crippen molar-refractivity contribution in [2.75, 3.05) is 26.2 Å². The van der Waals surface area contributed by atoms with Crippen molar-refractivity contribution in [3.63, 3.8) is 0 Å². The van der Waals surface area contributed by atoms with Crippen LogP contribution in [-0.4, -0.2) is 42.4 Å². The molecule has 152 valence electrons. The summed E-state index contributed by atoms with van der Waals surface area (Å²) in [6, 6.07) is 24.8. The number of ether oxygens (including phenoxy) is 1. The standard InChI is InChI=1S/C24H29N3O2/c28-23(19-29-18-20-11-13-25-14-12-20)17-26-15-16-27-24(21-7-3-1-4-8-21)22-9-5-2-6-10-22/h1-14,23-24,26-28H,15-19H2. The lowest BCUT2D eigenvalue weighted by Crippen LogP contribution is -2.36. The molecule has 0 aliphatic rings. The SMILES string of the molecule is OC(CNCCNC(c1ccccc1)c1ccccc1)COCc1ccncc1. The summed E-state index contributed by atoms with van der Waals surface area (Å²) in [5.41, 5.74) is 3.53. The Morgan fingerprint density at radius 1 is 0.828 bits per heavy atom. The van der Waals surface area contributed by atoms with Crippen LogP contribution in [0.4, 0.5) is 0 Å². The average molecular weight is 392 g/mol. The van der Waals surface area contributed by atoms with Gasteiger partial charge in [0, 0.05) is 32.0 Å². The van der Waals surface area contributed by atoms with E-state index in [-0.39, 0.29) is 6.04 Å². The third-order valence-corrected chi connectivity index (χ3v) is 4.62. The predicted molar refractivity (Wildman–Crippen MR) is 115 cm³/mol. The molecule has 1 aromatic heterocycles. The number of rotatable bonds is 12. The number of aliphatic hydroxyl groups is 1. The number of aliphatic hydroxyl groups excluding tert-OH is 1. The summed E-state index contributed by atoms with van der Waals surface area (Å²) >= 11 is 0. The van der Waals surface area contributed by atoms with E-state index >= 15 is 0 Å². The van der Waals surface area contributed by atoms with E-state index in [1.165, 1.54) is 11.1 Å². The van der Waals surface area contributed by atoms with Crippen LogP contribution in [0.3, 0.4) is 0 Å². The zero-order valence-corrected chi connectivity index (χ0v) is 16.6. The smallest absolute Gasteiger partial charge is 0.0897 e. The van der Waals surface area contributed by atoms with Gasteiger partial charge in [0.25, 0.3) is 0 Å². The van der Waals surface area contributed by atoms with Gasteiger partial charge in [0.05, 0.1) is 25.4 Å². The van der Waals surface area contributed by atoms with Gasteiger partial charge >= 0.3 is 0 Å². The molecule has 0 saturated carbocycles. The zero-order chi connectivity index (χ0) is 20.2. The highest BCUT2D eigenvalue weighted by molar-refractivity contribution is 5.31. The first kappa shape index (κ1) is 21.1. The van der Waals surface area contributed by atoms with Gasteiger partial charge in [-0.25, -0.2) is 0 Å². The fourth-order valence-electron chi connectivity index (χ4n) is 3.14. The van der Waals surface area contributed by atoms with Crippen LogP contribution in [0.5, 0.6) is 0 Å². The van der Waals surface area contributed by atoms with E-state index in [1.807, 2.05) is 24.3 Å². The fourth-order valence-corrected chi connectivity index (χ4v) is 3.14. The van der Waals surface area contributed by atoms with E-state index in [9.17, 15) is 5.11 Å². The maximum absolute atomic E-state index is 10.1. The number of nitrogens with one attached hydrogen (secondary N) is 2.